The van der Waals surface area contributed by atoms with Gasteiger partial charge >= 0.3 is 17.9 Å². The molecular weight excluding hydrogens is 420 g/mol. The maximum atomic E-state index is 11.9. The zero-order chi connectivity index (χ0) is 23.8. The van der Waals surface area contributed by atoms with Crippen LogP contribution in [0.1, 0.15) is 26.7 Å². The molecule has 14 nitrogen and oxygen atoms in total. The van der Waals surface area contributed by atoms with E-state index in [9.17, 15) is 33.6 Å². The van der Waals surface area contributed by atoms with Crippen molar-refractivity contribution in [1.82, 2.24) is 21.3 Å². The third-order valence-corrected chi connectivity index (χ3v) is 3.25. The number of carboxylic acids is 1. The molecule has 0 aliphatic heterocycles. The van der Waals surface area contributed by atoms with Crippen LogP contribution in [0.4, 0.5) is 0 Å². The molecular formula is C17H26N4O10. The fourth-order valence-corrected chi connectivity index (χ4v) is 1.85. The minimum absolute atomic E-state index is 0.0267. The molecule has 0 aliphatic rings. The van der Waals surface area contributed by atoms with Gasteiger partial charge in [0.1, 0.15) is 0 Å². The van der Waals surface area contributed by atoms with Gasteiger partial charge in [-0.3, -0.25) is 24.0 Å². The summed E-state index contributed by atoms with van der Waals surface area (Å²) in [5, 5.41) is 17.0. The zero-order valence-corrected chi connectivity index (χ0v) is 17.1. The van der Waals surface area contributed by atoms with Crippen LogP contribution in [0.15, 0.2) is 0 Å². The molecule has 0 aliphatic carbocycles. The highest BCUT2D eigenvalue weighted by molar-refractivity contribution is 6.03. The first-order valence-electron chi connectivity index (χ1n) is 9.25. The Kier molecular flexibility index (Phi) is 13.4. The summed E-state index contributed by atoms with van der Waals surface area (Å²) >= 11 is 0. The van der Waals surface area contributed by atoms with Gasteiger partial charge in [0.15, 0.2) is 0 Å². The van der Waals surface area contributed by atoms with E-state index in [1.54, 1.807) is 0 Å². The SMILES string of the molecule is CCOC(=O)C(NC(=O)CNC(=O)CNC(=O)CNC(=O)CCC(=O)O)C(=O)OCC. The van der Waals surface area contributed by atoms with E-state index in [4.69, 9.17) is 5.11 Å². The summed E-state index contributed by atoms with van der Waals surface area (Å²) in [6, 6.07) is -1.69. The Labute approximate surface area is 177 Å². The monoisotopic (exact) mass is 446 g/mol. The summed E-state index contributed by atoms with van der Waals surface area (Å²) in [7, 11) is 0. The highest BCUT2D eigenvalue weighted by Gasteiger charge is 2.31. The number of carbonyl (C=O) groups is 7. The lowest BCUT2D eigenvalue weighted by Crippen LogP contribution is -2.51. The quantitative estimate of drug-likeness (QED) is 0.133. The van der Waals surface area contributed by atoms with Crippen LogP contribution in [0.2, 0.25) is 0 Å². The summed E-state index contributed by atoms with van der Waals surface area (Å²) in [5.41, 5.74) is 0. The standard InChI is InChI=1S/C17H26N4O10/c1-3-30-16(28)15(17(29)31-4-2)21-13(25)9-20-12(24)8-19-11(23)7-18-10(22)5-6-14(26)27/h15H,3-9H2,1-2H3,(H,18,22)(H,19,23)(H,20,24)(H,21,25)(H,26,27). The van der Waals surface area contributed by atoms with Crippen molar-refractivity contribution in [1.29, 1.82) is 0 Å². The molecule has 0 fully saturated rings. The molecule has 5 N–H and O–H groups in total. The van der Waals surface area contributed by atoms with E-state index in [1.807, 2.05) is 0 Å². The molecule has 14 heteroatoms. The van der Waals surface area contributed by atoms with Gasteiger partial charge in [0.2, 0.25) is 29.7 Å². The predicted octanol–water partition coefficient (Wildman–Crippen LogP) is -3.19. The second kappa shape index (κ2) is 15.2. The number of carboxylic acid groups (broad SMARTS) is 1. The third-order valence-electron chi connectivity index (χ3n) is 3.25. The van der Waals surface area contributed by atoms with Crippen molar-refractivity contribution in [3.05, 3.63) is 0 Å². The maximum absolute atomic E-state index is 11.9. The van der Waals surface area contributed by atoms with Crippen molar-refractivity contribution in [2.24, 2.45) is 0 Å². The van der Waals surface area contributed by atoms with E-state index < -0.39 is 67.2 Å². The van der Waals surface area contributed by atoms with Crippen molar-refractivity contribution in [3.8, 4) is 0 Å². The molecule has 0 atom stereocenters. The van der Waals surface area contributed by atoms with Crippen LogP contribution in [0.3, 0.4) is 0 Å². The van der Waals surface area contributed by atoms with Gasteiger partial charge in [-0.2, -0.15) is 0 Å². The van der Waals surface area contributed by atoms with E-state index >= 15 is 0 Å². The number of hydrogen-bond acceptors (Lipinski definition) is 9. The second-order valence-electron chi connectivity index (χ2n) is 5.73. The summed E-state index contributed by atoms with van der Waals surface area (Å²) in [5.74, 6) is -6.18. The number of rotatable bonds is 14. The van der Waals surface area contributed by atoms with E-state index in [-0.39, 0.29) is 26.1 Å². The van der Waals surface area contributed by atoms with Crippen LogP contribution in [0, 0.1) is 0 Å². The van der Waals surface area contributed by atoms with Crippen molar-refractivity contribution < 1.29 is 48.1 Å². The van der Waals surface area contributed by atoms with E-state index in [2.05, 4.69) is 30.7 Å². The van der Waals surface area contributed by atoms with Gasteiger partial charge < -0.3 is 35.8 Å². The number of esters is 2. The fraction of sp³-hybridized carbons (Fsp3) is 0.588. The molecule has 0 saturated carbocycles. The molecule has 0 bridgehead atoms. The Morgan fingerprint density at radius 1 is 0.677 bits per heavy atom. The second-order valence-corrected chi connectivity index (χ2v) is 5.73. The normalized spacial score (nSPS) is 9.90. The Morgan fingerprint density at radius 2 is 1.10 bits per heavy atom. The molecule has 0 radical (unpaired) electrons. The van der Waals surface area contributed by atoms with Gasteiger partial charge in [0.05, 0.1) is 39.3 Å². The zero-order valence-electron chi connectivity index (χ0n) is 17.1. The molecule has 0 rings (SSSR count). The van der Waals surface area contributed by atoms with Crippen molar-refractivity contribution in [2.45, 2.75) is 32.7 Å². The number of ether oxygens (including phenoxy) is 2. The average molecular weight is 446 g/mol. The summed E-state index contributed by atoms with van der Waals surface area (Å²) in [6.07, 6.45) is -0.679. The molecule has 174 valence electrons. The minimum atomic E-state index is -1.69. The van der Waals surface area contributed by atoms with Crippen LogP contribution in [-0.4, -0.2) is 85.5 Å². The lowest BCUT2D eigenvalue weighted by molar-refractivity contribution is -0.159. The molecule has 0 unspecified atom stereocenters. The highest BCUT2D eigenvalue weighted by atomic mass is 16.6. The van der Waals surface area contributed by atoms with E-state index in [0.29, 0.717) is 0 Å². The Balaban J connectivity index is 4.31. The first kappa shape index (κ1) is 27.3. The smallest absolute Gasteiger partial charge is 0.340 e. The van der Waals surface area contributed by atoms with Gasteiger partial charge in [0, 0.05) is 6.42 Å². The summed E-state index contributed by atoms with van der Waals surface area (Å²) in [6.45, 7) is 1.39. The number of nitrogens with one attached hydrogen (secondary N) is 4. The molecule has 0 spiro atoms. The largest absolute Gasteiger partial charge is 0.481 e. The van der Waals surface area contributed by atoms with E-state index in [1.165, 1.54) is 13.8 Å². The summed E-state index contributed by atoms with van der Waals surface area (Å²) < 4.78 is 9.36. The first-order valence-corrected chi connectivity index (χ1v) is 9.25. The molecule has 0 heterocycles. The van der Waals surface area contributed by atoms with Crippen molar-refractivity contribution in [2.75, 3.05) is 32.8 Å². The van der Waals surface area contributed by atoms with Gasteiger partial charge in [-0.25, -0.2) is 9.59 Å². The number of amides is 4. The Bertz CT molecular complexity index is 676. The maximum Gasteiger partial charge on any atom is 0.340 e. The van der Waals surface area contributed by atoms with Crippen LogP contribution in [0.5, 0.6) is 0 Å². The first-order chi connectivity index (χ1) is 14.6. The highest BCUT2D eigenvalue weighted by Crippen LogP contribution is 1.94. The van der Waals surface area contributed by atoms with E-state index in [0.717, 1.165) is 0 Å². The third kappa shape index (κ3) is 13.2. The Hall–Kier alpha value is -3.71. The van der Waals surface area contributed by atoms with Gasteiger partial charge in [-0.15, -0.1) is 0 Å². The van der Waals surface area contributed by atoms with Crippen LogP contribution < -0.4 is 21.3 Å². The van der Waals surface area contributed by atoms with Crippen molar-refractivity contribution >= 4 is 41.5 Å². The molecule has 0 aromatic carbocycles. The van der Waals surface area contributed by atoms with Crippen molar-refractivity contribution in [3.63, 3.8) is 0 Å². The topological polar surface area (TPSA) is 206 Å². The fourth-order valence-electron chi connectivity index (χ4n) is 1.85. The number of aliphatic carboxylic acids is 1. The average Bonchev–Trinajstić information content (AvgIpc) is 2.71. The predicted molar refractivity (Wildman–Crippen MR) is 101 cm³/mol. The number of hydrogen-bond donors (Lipinski definition) is 5. The van der Waals surface area contributed by atoms with Gasteiger partial charge in [-0.1, -0.05) is 0 Å². The number of carbonyl (C=O) groups excluding carboxylic acids is 6. The Morgan fingerprint density at radius 3 is 1.52 bits per heavy atom. The van der Waals surface area contributed by atoms with Crippen LogP contribution in [0.25, 0.3) is 0 Å². The lowest BCUT2D eigenvalue weighted by Gasteiger charge is -2.16. The lowest BCUT2D eigenvalue weighted by atomic mass is 10.3. The molecule has 0 aromatic rings. The van der Waals surface area contributed by atoms with Crippen LogP contribution in [-0.2, 0) is 43.0 Å². The summed E-state index contributed by atoms with van der Waals surface area (Å²) in [4.78, 5) is 80.3. The molecule has 4 amide bonds. The minimum Gasteiger partial charge on any atom is -0.481 e. The van der Waals surface area contributed by atoms with Gasteiger partial charge in [-0.05, 0) is 13.8 Å². The van der Waals surface area contributed by atoms with Crippen LogP contribution >= 0.6 is 0 Å². The molecule has 0 saturated heterocycles. The molecule has 0 aromatic heterocycles. The van der Waals surface area contributed by atoms with Gasteiger partial charge in [0.25, 0.3) is 0 Å². The molecule has 31 heavy (non-hydrogen) atoms.